The number of hydrogen-bond donors (Lipinski definition) is 1. The number of non-ortho nitro benzene ring substituents is 1. The third-order valence-electron chi connectivity index (χ3n) is 5.39. The molecule has 0 bridgehead atoms. The van der Waals surface area contributed by atoms with Crippen molar-refractivity contribution >= 4 is 63.6 Å². The maximum Gasteiger partial charge on any atom is 0.318 e. The first-order valence-electron chi connectivity index (χ1n) is 11.2. The summed E-state index contributed by atoms with van der Waals surface area (Å²) >= 11 is 6.66. The van der Waals surface area contributed by atoms with E-state index in [1.54, 1.807) is 30.3 Å². The van der Waals surface area contributed by atoms with Gasteiger partial charge in [0.25, 0.3) is 16.8 Å². The molecule has 0 aliphatic carbocycles. The Balaban J connectivity index is 1.52. The number of benzene rings is 3. The lowest BCUT2D eigenvalue weighted by Crippen LogP contribution is -2.36. The van der Waals surface area contributed by atoms with Crippen molar-refractivity contribution in [2.24, 2.45) is 0 Å². The van der Waals surface area contributed by atoms with E-state index >= 15 is 0 Å². The molecule has 1 fully saturated rings. The first-order chi connectivity index (χ1) is 19.1. The number of thioether (sulfide) groups is 1. The Hall–Kier alpha value is -4.95. The van der Waals surface area contributed by atoms with E-state index in [4.69, 9.17) is 21.1 Å². The second-order valence-electron chi connectivity index (χ2n) is 7.97. The number of nitrogens with zero attached hydrogens (tertiary/aromatic N) is 3. The Labute approximate surface area is 234 Å². The fraction of sp³-hybridized carbons (Fsp3) is 0.0800. The van der Waals surface area contributed by atoms with Gasteiger partial charge in [0.2, 0.25) is 11.7 Å². The minimum absolute atomic E-state index is 0.0143. The first-order valence-corrected chi connectivity index (χ1v) is 12.3. The molecule has 0 aromatic heterocycles. The summed E-state index contributed by atoms with van der Waals surface area (Å²) in [6.45, 7) is -0.557. The molecule has 3 aromatic rings. The zero-order valence-electron chi connectivity index (χ0n) is 20.4. The Kier molecular flexibility index (Phi) is 8.31. The minimum Gasteiger partial charge on any atom is -0.495 e. The highest BCUT2D eigenvalue weighted by molar-refractivity contribution is 8.18. The highest BCUT2D eigenvalue weighted by atomic mass is 35.5. The van der Waals surface area contributed by atoms with Crippen molar-refractivity contribution in [2.45, 2.75) is 0 Å². The van der Waals surface area contributed by atoms with Crippen LogP contribution in [0.25, 0.3) is 6.08 Å². The molecule has 1 N–H and O–H groups in total. The summed E-state index contributed by atoms with van der Waals surface area (Å²) in [6.07, 6.45) is 1.35. The van der Waals surface area contributed by atoms with Crippen LogP contribution in [0.4, 0.5) is 21.9 Å². The number of nitro benzene ring substituents is 2. The third-order valence-corrected chi connectivity index (χ3v) is 6.59. The largest absolute Gasteiger partial charge is 0.495 e. The lowest BCUT2D eigenvalue weighted by molar-refractivity contribution is -0.394. The topological polar surface area (TPSA) is 171 Å². The zero-order valence-corrected chi connectivity index (χ0v) is 21.9. The molecule has 1 saturated heterocycles. The smallest absolute Gasteiger partial charge is 0.318 e. The molecule has 1 aliphatic rings. The number of imide groups is 1. The third kappa shape index (κ3) is 6.19. The number of amides is 3. The second kappa shape index (κ2) is 11.8. The van der Waals surface area contributed by atoms with E-state index in [9.17, 15) is 34.6 Å². The number of rotatable bonds is 9. The quantitative estimate of drug-likeness (QED) is 0.189. The van der Waals surface area contributed by atoms with Crippen molar-refractivity contribution in [1.82, 2.24) is 4.90 Å². The molecule has 4 rings (SSSR count). The van der Waals surface area contributed by atoms with E-state index in [0.717, 1.165) is 23.1 Å². The summed E-state index contributed by atoms with van der Waals surface area (Å²) in [4.78, 5) is 59.7. The van der Waals surface area contributed by atoms with E-state index in [0.29, 0.717) is 23.2 Å². The zero-order chi connectivity index (χ0) is 29.0. The summed E-state index contributed by atoms with van der Waals surface area (Å²) in [5.41, 5.74) is -0.490. The van der Waals surface area contributed by atoms with Gasteiger partial charge in [-0.2, -0.15) is 0 Å². The Bertz CT molecular complexity index is 1590. The van der Waals surface area contributed by atoms with Crippen LogP contribution in [0.1, 0.15) is 5.56 Å². The predicted octanol–water partition coefficient (Wildman–Crippen LogP) is 5.63. The van der Waals surface area contributed by atoms with E-state index in [2.05, 4.69) is 5.32 Å². The van der Waals surface area contributed by atoms with Crippen molar-refractivity contribution in [2.75, 3.05) is 19.0 Å². The van der Waals surface area contributed by atoms with Gasteiger partial charge in [0, 0.05) is 17.3 Å². The van der Waals surface area contributed by atoms with E-state index in [-0.39, 0.29) is 27.0 Å². The Morgan fingerprint density at radius 3 is 2.42 bits per heavy atom. The fourth-order valence-corrected chi connectivity index (χ4v) is 4.61. The van der Waals surface area contributed by atoms with Crippen LogP contribution in [-0.4, -0.2) is 45.5 Å². The number of methoxy groups -OCH3 is 1. The summed E-state index contributed by atoms with van der Waals surface area (Å²) in [7, 11) is 1.44. The fourth-order valence-electron chi connectivity index (χ4n) is 3.53. The Morgan fingerprint density at radius 2 is 1.75 bits per heavy atom. The van der Waals surface area contributed by atoms with Crippen molar-refractivity contribution in [3.05, 3.63) is 96.4 Å². The lowest BCUT2D eigenvalue weighted by atomic mass is 10.1. The molecule has 13 nitrogen and oxygen atoms in total. The number of para-hydroxylation sites is 1. The van der Waals surface area contributed by atoms with E-state index in [1.165, 1.54) is 25.3 Å². The van der Waals surface area contributed by atoms with Crippen molar-refractivity contribution < 1.29 is 33.7 Å². The molecule has 1 heterocycles. The minimum atomic E-state index is -0.818. The summed E-state index contributed by atoms with van der Waals surface area (Å²) in [6, 6.07) is 13.7. The maximum atomic E-state index is 13.0. The van der Waals surface area contributed by atoms with Gasteiger partial charge < -0.3 is 14.8 Å². The first kappa shape index (κ1) is 28.1. The van der Waals surface area contributed by atoms with Gasteiger partial charge >= 0.3 is 5.69 Å². The molecule has 0 atom stereocenters. The van der Waals surface area contributed by atoms with Crippen LogP contribution in [0, 0.1) is 20.2 Å². The normalized spacial score (nSPS) is 13.8. The highest BCUT2D eigenvalue weighted by Crippen LogP contribution is 2.38. The van der Waals surface area contributed by atoms with Gasteiger partial charge in [0.1, 0.15) is 18.0 Å². The number of halogens is 1. The number of carbonyl (C=O) groups is 3. The molecule has 40 heavy (non-hydrogen) atoms. The Morgan fingerprint density at radius 1 is 1.02 bits per heavy atom. The van der Waals surface area contributed by atoms with Crippen LogP contribution < -0.4 is 14.8 Å². The molecule has 0 radical (unpaired) electrons. The number of ether oxygens (including phenoxy) is 2. The number of nitrogens with one attached hydrogen (secondary N) is 1. The van der Waals surface area contributed by atoms with Crippen LogP contribution in [-0.2, 0) is 9.59 Å². The molecule has 3 aromatic carbocycles. The molecule has 1 aliphatic heterocycles. The molecular formula is C25H17ClN4O9S. The average Bonchev–Trinajstić information content (AvgIpc) is 3.17. The van der Waals surface area contributed by atoms with E-state index < -0.39 is 44.8 Å². The molecule has 0 unspecified atom stereocenters. The standard InChI is InChI=1S/C25H17ClN4O9S/c1-38-20-8-6-15(11-17(20)26)27-23(31)13-28-24(32)22(40-25(28)33)10-14-4-2-3-5-19(14)39-21-9-7-16(29(34)35)12-18(21)30(36)37/h2-12H,13H2,1H3,(H,27,31)/b22-10+. The highest BCUT2D eigenvalue weighted by Gasteiger charge is 2.36. The van der Waals surface area contributed by atoms with Gasteiger partial charge in [-0.3, -0.25) is 39.5 Å². The van der Waals surface area contributed by atoms with Crippen molar-refractivity contribution in [1.29, 1.82) is 0 Å². The van der Waals surface area contributed by atoms with Crippen LogP contribution in [0.15, 0.2) is 65.6 Å². The van der Waals surface area contributed by atoms with Gasteiger partial charge in [-0.25, -0.2) is 0 Å². The molecule has 0 spiro atoms. The van der Waals surface area contributed by atoms with Gasteiger partial charge in [-0.1, -0.05) is 29.8 Å². The van der Waals surface area contributed by atoms with Crippen molar-refractivity contribution in [3.8, 4) is 17.2 Å². The maximum absolute atomic E-state index is 13.0. The molecule has 15 heteroatoms. The van der Waals surface area contributed by atoms with Crippen LogP contribution >= 0.6 is 23.4 Å². The monoisotopic (exact) mass is 584 g/mol. The summed E-state index contributed by atoms with van der Waals surface area (Å²) in [5, 5.41) is 24.6. The van der Waals surface area contributed by atoms with Crippen molar-refractivity contribution in [3.63, 3.8) is 0 Å². The predicted molar refractivity (Wildman–Crippen MR) is 146 cm³/mol. The van der Waals surface area contributed by atoms with Crippen LogP contribution in [0.2, 0.25) is 5.02 Å². The van der Waals surface area contributed by atoms with Gasteiger partial charge in [0.05, 0.1) is 33.0 Å². The van der Waals surface area contributed by atoms with Crippen LogP contribution in [0.5, 0.6) is 17.2 Å². The molecule has 0 saturated carbocycles. The molecular weight excluding hydrogens is 568 g/mol. The van der Waals surface area contributed by atoms with E-state index in [1.807, 2.05) is 0 Å². The molecule has 3 amide bonds. The lowest BCUT2D eigenvalue weighted by Gasteiger charge is -2.13. The second-order valence-corrected chi connectivity index (χ2v) is 9.37. The summed E-state index contributed by atoms with van der Waals surface area (Å²) in [5.74, 6) is -1.14. The summed E-state index contributed by atoms with van der Waals surface area (Å²) < 4.78 is 10.7. The van der Waals surface area contributed by atoms with Gasteiger partial charge in [-0.05, 0) is 48.2 Å². The van der Waals surface area contributed by atoms with Crippen LogP contribution in [0.3, 0.4) is 0 Å². The molecule has 204 valence electrons. The number of nitro groups is 2. The number of hydrogen-bond acceptors (Lipinski definition) is 10. The van der Waals surface area contributed by atoms with Gasteiger partial charge in [-0.15, -0.1) is 0 Å². The van der Waals surface area contributed by atoms with Gasteiger partial charge in [0.15, 0.2) is 0 Å². The average molecular weight is 585 g/mol. The number of carbonyl (C=O) groups excluding carboxylic acids is 3. The SMILES string of the molecule is COc1ccc(NC(=O)CN2C(=O)S/C(=C/c3ccccc3Oc3ccc([N+](=O)[O-])cc3[N+](=O)[O-])C2=O)cc1Cl. The number of anilines is 1.